The minimum absolute atomic E-state index is 0.552. The Balaban J connectivity index is 1.92. The lowest BCUT2D eigenvalue weighted by atomic mass is 9.99. The normalized spacial score (nSPS) is 21.2. The molecule has 0 bridgehead atoms. The lowest BCUT2D eigenvalue weighted by molar-refractivity contribution is 0.404. The third-order valence-corrected chi connectivity index (χ3v) is 5.11. The Bertz CT molecular complexity index is 332. The Kier molecular flexibility index (Phi) is 6.80. The fraction of sp³-hybridized carbons (Fsp3) is 0.647. The molecule has 2 unspecified atom stereocenters. The van der Waals surface area contributed by atoms with Gasteiger partial charge in [-0.3, -0.25) is 0 Å². The zero-order chi connectivity index (χ0) is 13.3. The molecular formula is C17H27NS. The summed E-state index contributed by atoms with van der Waals surface area (Å²) < 4.78 is 0. The first-order valence-electron chi connectivity index (χ1n) is 7.79. The van der Waals surface area contributed by atoms with Crippen molar-refractivity contribution in [2.24, 2.45) is 0 Å². The van der Waals surface area contributed by atoms with Crippen molar-refractivity contribution in [3.05, 3.63) is 35.9 Å². The van der Waals surface area contributed by atoms with Gasteiger partial charge in [0.15, 0.2) is 0 Å². The van der Waals surface area contributed by atoms with Crippen LogP contribution >= 0.6 is 11.8 Å². The highest BCUT2D eigenvalue weighted by Gasteiger charge is 2.18. The summed E-state index contributed by atoms with van der Waals surface area (Å²) in [6.45, 7) is 2.28. The molecule has 106 valence electrons. The maximum atomic E-state index is 3.91. The second-order valence-electron chi connectivity index (χ2n) is 5.54. The van der Waals surface area contributed by atoms with Crippen molar-refractivity contribution in [1.82, 2.24) is 5.32 Å². The number of hydrogen-bond acceptors (Lipinski definition) is 2. The van der Waals surface area contributed by atoms with Crippen LogP contribution in [-0.4, -0.2) is 17.5 Å². The first-order valence-corrected chi connectivity index (χ1v) is 8.94. The standard InChI is InChI=1S/C17H27NS/c1-2-3-5-12-17(15-9-6-4-7-10-15)18-16-11-8-13-19-14-16/h4,6-7,9-10,16-18H,2-3,5,8,11-14H2,1H3. The van der Waals surface area contributed by atoms with E-state index < -0.39 is 0 Å². The average molecular weight is 277 g/mol. The van der Waals surface area contributed by atoms with Crippen LogP contribution < -0.4 is 5.32 Å². The third-order valence-electron chi connectivity index (χ3n) is 3.90. The van der Waals surface area contributed by atoms with Gasteiger partial charge in [0.25, 0.3) is 0 Å². The largest absolute Gasteiger partial charge is 0.306 e. The lowest BCUT2D eigenvalue weighted by Gasteiger charge is -2.28. The summed E-state index contributed by atoms with van der Waals surface area (Å²) in [5.41, 5.74) is 1.47. The summed E-state index contributed by atoms with van der Waals surface area (Å²) >= 11 is 2.11. The molecule has 2 atom stereocenters. The SMILES string of the molecule is CCCCCC(NC1CCCSC1)c1ccccc1. The number of benzene rings is 1. The predicted octanol–water partition coefficient (Wildman–Crippen LogP) is 4.79. The quantitative estimate of drug-likeness (QED) is 0.719. The first-order chi connectivity index (χ1) is 9.40. The van der Waals surface area contributed by atoms with Gasteiger partial charge in [0.2, 0.25) is 0 Å². The summed E-state index contributed by atoms with van der Waals surface area (Å²) in [7, 11) is 0. The van der Waals surface area contributed by atoms with Crippen molar-refractivity contribution in [2.45, 2.75) is 57.5 Å². The molecule has 1 N–H and O–H groups in total. The maximum Gasteiger partial charge on any atom is 0.0322 e. The van der Waals surface area contributed by atoms with Gasteiger partial charge in [-0.05, 0) is 30.6 Å². The molecule has 0 aliphatic carbocycles. The lowest BCUT2D eigenvalue weighted by Crippen LogP contribution is -2.36. The Morgan fingerprint density at radius 3 is 2.79 bits per heavy atom. The van der Waals surface area contributed by atoms with Crippen LogP contribution in [-0.2, 0) is 0 Å². The summed E-state index contributed by atoms with van der Waals surface area (Å²) in [4.78, 5) is 0. The third kappa shape index (κ3) is 5.19. The molecule has 0 radical (unpaired) electrons. The topological polar surface area (TPSA) is 12.0 Å². The number of unbranched alkanes of at least 4 members (excludes halogenated alkanes) is 2. The van der Waals surface area contributed by atoms with E-state index in [1.54, 1.807) is 0 Å². The maximum absolute atomic E-state index is 3.91. The molecule has 0 aromatic heterocycles. The van der Waals surface area contributed by atoms with E-state index in [1.807, 2.05) is 0 Å². The van der Waals surface area contributed by atoms with Crippen molar-refractivity contribution in [1.29, 1.82) is 0 Å². The highest BCUT2D eigenvalue weighted by atomic mass is 32.2. The van der Waals surface area contributed by atoms with E-state index in [2.05, 4.69) is 54.3 Å². The molecule has 1 aliphatic heterocycles. The number of hydrogen-bond donors (Lipinski definition) is 1. The second kappa shape index (κ2) is 8.65. The van der Waals surface area contributed by atoms with E-state index in [1.165, 1.54) is 55.6 Å². The number of nitrogens with one attached hydrogen (secondary N) is 1. The monoisotopic (exact) mass is 277 g/mol. The van der Waals surface area contributed by atoms with Crippen LogP contribution in [0.2, 0.25) is 0 Å². The molecule has 1 aliphatic rings. The van der Waals surface area contributed by atoms with Gasteiger partial charge < -0.3 is 5.32 Å². The molecule has 0 amide bonds. The van der Waals surface area contributed by atoms with Crippen molar-refractivity contribution in [3.63, 3.8) is 0 Å². The van der Waals surface area contributed by atoms with Gasteiger partial charge in [-0.2, -0.15) is 11.8 Å². The fourth-order valence-electron chi connectivity index (χ4n) is 2.79. The molecule has 1 fully saturated rings. The van der Waals surface area contributed by atoms with E-state index in [9.17, 15) is 0 Å². The van der Waals surface area contributed by atoms with Crippen LogP contribution in [0.3, 0.4) is 0 Å². The van der Waals surface area contributed by atoms with Gasteiger partial charge in [-0.25, -0.2) is 0 Å². The van der Waals surface area contributed by atoms with Gasteiger partial charge in [0.05, 0.1) is 0 Å². The molecule has 2 heteroatoms. The summed E-state index contributed by atoms with van der Waals surface area (Å²) in [6, 6.07) is 12.3. The molecule has 1 heterocycles. The average Bonchev–Trinajstić information content (AvgIpc) is 2.48. The molecule has 1 saturated heterocycles. The molecular weight excluding hydrogens is 250 g/mol. The molecule has 0 spiro atoms. The highest BCUT2D eigenvalue weighted by molar-refractivity contribution is 7.99. The van der Waals surface area contributed by atoms with Gasteiger partial charge in [-0.1, -0.05) is 56.5 Å². The smallest absolute Gasteiger partial charge is 0.0322 e. The zero-order valence-corrected chi connectivity index (χ0v) is 12.9. The Hall–Kier alpha value is -0.470. The van der Waals surface area contributed by atoms with Crippen molar-refractivity contribution < 1.29 is 0 Å². The van der Waals surface area contributed by atoms with E-state index in [-0.39, 0.29) is 0 Å². The van der Waals surface area contributed by atoms with E-state index in [4.69, 9.17) is 0 Å². The molecule has 2 rings (SSSR count). The van der Waals surface area contributed by atoms with Crippen LogP contribution in [0.5, 0.6) is 0 Å². The van der Waals surface area contributed by atoms with Gasteiger partial charge >= 0.3 is 0 Å². The van der Waals surface area contributed by atoms with Crippen LogP contribution in [0, 0.1) is 0 Å². The summed E-state index contributed by atoms with van der Waals surface area (Å²) in [5.74, 6) is 2.64. The molecule has 0 saturated carbocycles. The van der Waals surface area contributed by atoms with E-state index in [0.29, 0.717) is 12.1 Å². The van der Waals surface area contributed by atoms with Crippen LogP contribution in [0.1, 0.15) is 57.1 Å². The Morgan fingerprint density at radius 1 is 1.26 bits per heavy atom. The Labute approximate surface area is 122 Å². The number of rotatable bonds is 7. The summed E-state index contributed by atoms with van der Waals surface area (Å²) in [6.07, 6.45) is 8.00. The van der Waals surface area contributed by atoms with Crippen LogP contribution in [0.25, 0.3) is 0 Å². The molecule has 1 nitrogen and oxygen atoms in total. The first kappa shape index (κ1) is 14.9. The minimum Gasteiger partial charge on any atom is -0.306 e. The second-order valence-corrected chi connectivity index (χ2v) is 6.69. The molecule has 1 aromatic rings. The molecule has 1 aromatic carbocycles. The van der Waals surface area contributed by atoms with Gasteiger partial charge in [0, 0.05) is 17.8 Å². The van der Waals surface area contributed by atoms with Crippen LogP contribution in [0.15, 0.2) is 30.3 Å². The number of thioether (sulfide) groups is 1. The van der Waals surface area contributed by atoms with Crippen LogP contribution in [0.4, 0.5) is 0 Å². The van der Waals surface area contributed by atoms with Gasteiger partial charge in [-0.15, -0.1) is 0 Å². The zero-order valence-electron chi connectivity index (χ0n) is 12.1. The van der Waals surface area contributed by atoms with Crippen molar-refractivity contribution in [2.75, 3.05) is 11.5 Å². The minimum atomic E-state index is 0.552. The fourth-order valence-corrected chi connectivity index (χ4v) is 3.87. The Morgan fingerprint density at radius 2 is 2.11 bits per heavy atom. The van der Waals surface area contributed by atoms with E-state index in [0.717, 1.165) is 0 Å². The summed E-state index contributed by atoms with van der Waals surface area (Å²) in [5, 5.41) is 3.91. The predicted molar refractivity (Wildman–Crippen MR) is 86.8 cm³/mol. The van der Waals surface area contributed by atoms with E-state index >= 15 is 0 Å². The van der Waals surface area contributed by atoms with Crippen molar-refractivity contribution >= 4 is 11.8 Å². The van der Waals surface area contributed by atoms with Gasteiger partial charge in [0.1, 0.15) is 0 Å². The van der Waals surface area contributed by atoms with Crippen molar-refractivity contribution in [3.8, 4) is 0 Å². The highest BCUT2D eigenvalue weighted by Crippen LogP contribution is 2.24. The molecule has 19 heavy (non-hydrogen) atoms.